The highest BCUT2D eigenvalue weighted by atomic mass is 127. The first kappa shape index (κ1) is 6.48. The van der Waals surface area contributed by atoms with Crippen molar-refractivity contribution in [3.8, 4) is 0 Å². The van der Waals surface area contributed by atoms with Crippen molar-refractivity contribution >= 4 is 38.5 Å². The Balaban J connectivity index is 3.13. The molecule has 1 aromatic heterocycles. The number of halogens is 2. The lowest BCUT2D eigenvalue weighted by molar-refractivity contribution is 1.29. The summed E-state index contributed by atoms with van der Waals surface area (Å²) in [7, 11) is 0. The predicted molar refractivity (Wildman–Crippen MR) is 44.7 cm³/mol. The molecule has 0 amide bonds. The Hall–Kier alpha value is 0.360. The predicted octanol–water partition coefficient (Wildman–Crippen LogP) is 2.45. The van der Waals surface area contributed by atoms with E-state index in [4.69, 9.17) is 0 Å². The van der Waals surface area contributed by atoms with E-state index in [1.54, 1.807) is 12.4 Å². The van der Waals surface area contributed by atoms with Crippen molar-refractivity contribution in [1.82, 2.24) is 4.98 Å². The van der Waals surface area contributed by atoms with Gasteiger partial charge in [0.05, 0.1) is 0 Å². The summed E-state index contributed by atoms with van der Waals surface area (Å²) in [6.45, 7) is 0. The van der Waals surface area contributed by atoms with Crippen LogP contribution < -0.4 is 0 Å². The third-order valence-corrected chi connectivity index (χ3v) is 3.04. The van der Waals surface area contributed by atoms with Crippen LogP contribution in [0.1, 0.15) is 0 Å². The molecule has 0 unspecified atom stereocenters. The number of aromatic nitrogens is 1. The normalized spacial score (nSPS) is 9.25. The fourth-order valence-corrected chi connectivity index (χ4v) is 0.909. The van der Waals surface area contributed by atoms with Gasteiger partial charge in [0, 0.05) is 20.4 Å². The summed E-state index contributed by atoms with van der Waals surface area (Å²) in [6.07, 6.45) is 3.55. The summed E-state index contributed by atoms with van der Waals surface area (Å²) in [4.78, 5) is 3.89. The van der Waals surface area contributed by atoms with Crippen LogP contribution in [0.3, 0.4) is 0 Å². The van der Waals surface area contributed by atoms with Crippen LogP contribution in [0.2, 0.25) is 0 Å². The van der Waals surface area contributed by atoms with Gasteiger partial charge in [0.15, 0.2) is 0 Å². The van der Waals surface area contributed by atoms with Gasteiger partial charge in [-0.15, -0.1) is 0 Å². The van der Waals surface area contributed by atoms with Crippen molar-refractivity contribution in [1.29, 1.82) is 0 Å². The molecule has 0 fully saturated rings. The fraction of sp³-hybridized carbons (Fsp3) is 0. The Morgan fingerprint density at radius 2 is 2.38 bits per heavy atom. The molecule has 0 spiro atoms. The lowest BCUT2D eigenvalue weighted by Crippen LogP contribution is -1.73. The number of pyridine rings is 1. The van der Waals surface area contributed by atoms with Gasteiger partial charge in [0.2, 0.25) is 0 Å². The highest BCUT2D eigenvalue weighted by molar-refractivity contribution is 14.1. The molecule has 0 aliphatic rings. The summed E-state index contributed by atoms with van der Waals surface area (Å²) in [5.74, 6) is 0. The maximum atomic E-state index is 3.89. The molecule has 0 aliphatic carbocycles. The van der Waals surface area contributed by atoms with Gasteiger partial charge in [-0.3, -0.25) is 4.98 Å². The van der Waals surface area contributed by atoms with Gasteiger partial charge in [-0.1, -0.05) is 0 Å². The lowest BCUT2D eigenvalue weighted by Gasteiger charge is -1.88. The summed E-state index contributed by atoms with van der Waals surface area (Å²) in [5.41, 5.74) is 0. The second kappa shape index (κ2) is 2.77. The van der Waals surface area contributed by atoms with Crippen LogP contribution in [0, 0.1) is 3.57 Å². The number of nitrogens with zero attached hydrogens (tertiary/aromatic N) is 1. The maximum absolute atomic E-state index is 3.89. The monoisotopic (exact) mass is 283 g/mol. The minimum Gasteiger partial charge on any atom is -0.263 e. The van der Waals surface area contributed by atoms with Crippen LogP contribution in [-0.2, 0) is 0 Å². The molecular weight excluding hydrogens is 281 g/mol. The molecule has 0 atom stereocenters. The maximum Gasteiger partial charge on any atom is 0.0492 e. The van der Waals surface area contributed by atoms with Crippen molar-refractivity contribution in [2.45, 2.75) is 0 Å². The zero-order valence-corrected chi connectivity index (χ0v) is 7.68. The average Bonchev–Trinajstić information content (AvgIpc) is 1.77. The molecule has 0 bridgehead atoms. The van der Waals surface area contributed by atoms with Gasteiger partial charge < -0.3 is 0 Å². The molecule has 1 heterocycles. The van der Waals surface area contributed by atoms with E-state index >= 15 is 0 Å². The van der Waals surface area contributed by atoms with Crippen molar-refractivity contribution in [3.63, 3.8) is 0 Å². The minimum absolute atomic E-state index is 1.06. The second-order valence-electron chi connectivity index (χ2n) is 1.29. The SMILES string of the molecule is Brc1cnccc1I. The zero-order valence-electron chi connectivity index (χ0n) is 3.94. The van der Waals surface area contributed by atoms with Crippen molar-refractivity contribution in [3.05, 3.63) is 26.5 Å². The van der Waals surface area contributed by atoms with Gasteiger partial charge in [-0.2, -0.15) is 0 Å². The van der Waals surface area contributed by atoms with Gasteiger partial charge in [-0.25, -0.2) is 0 Å². The van der Waals surface area contributed by atoms with Crippen molar-refractivity contribution in [2.24, 2.45) is 0 Å². The molecule has 0 N–H and O–H groups in total. The molecule has 1 rings (SSSR count). The van der Waals surface area contributed by atoms with Crippen molar-refractivity contribution in [2.75, 3.05) is 0 Å². The van der Waals surface area contributed by atoms with Crippen LogP contribution >= 0.6 is 38.5 Å². The quantitative estimate of drug-likeness (QED) is 0.667. The van der Waals surface area contributed by atoms with Crippen LogP contribution in [0.25, 0.3) is 0 Å². The van der Waals surface area contributed by atoms with Gasteiger partial charge >= 0.3 is 0 Å². The molecule has 0 aromatic carbocycles. The van der Waals surface area contributed by atoms with E-state index in [1.807, 2.05) is 6.07 Å². The number of hydrogen-bond acceptors (Lipinski definition) is 1. The van der Waals surface area contributed by atoms with Crippen LogP contribution in [0.5, 0.6) is 0 Å². The van der Waals surface area contributed by atoms with E-state index in [9.17, 15) is 0 Å². The molecule has 0 saturated carbocycles. The van der Waals surface area contributed by atoms with Crippen LogP contribution in [0.4, 0.5) is 0 Å². The lowest BCUT2D eigenvalue weighted by atomic mass is 10.5. The topological polar surface area (TPSA) is 12.9 Å². The Morgan fingerprint density at radius 3 is 2.75 bits per heavy atom. The van der Waals surface area contributed by atoms with Gasteiger partial charge in [0.1, 0.15) is 0 Å². The van der Waals surface area contributed by atoms with E-state index in [2.05, 4.69) is 43.5 Å². The Labute approximate surface area is 69.8 Å². The largest absolute Gasteiger partial charge is 0.263 e. The average molecular weight is 284 g/mol. The van der Waals surface area contributed by atoms with E-state index in [-0.39, 0.29) is 0 Å². The van der Waals surface area contributed by atoms with Crippen LogP contribution in [-0.4, -0.2) is 4.98 Å². The fourth-order valence-electron chi connectivity index (χ4n) is 0.358. The molecule has 8 heavy (non-hydrogen) atoms. The molecule has 3 heteroatoms. The zero-order chi connectivity index (χ0) is 5.98. The third-order valence-electron chi connectivity index (χ3n) is 0.723. The molecule has 1 nitrogen and oxygen atoms in total. The Kier molecular flexibility index (Phi) is 2.25. The molecule has 0 radical (unpaired) electrons. The molecular formula is C5H3BrIN. The van der Waals surface area contributed by atoms with Gasteiger partial charge in [0.25, 0.3) is 0 Å². The molecule has 1 aromatic rings. The number of rotatable bonds is 0. The van der Waals surface area contributed by atoms with E-state index in [0.717, 1.165) is 4.47 Å². The third kappa shape index (κ3) is 1.42. The smallest absolute Gasteiger partial charge is 0.0492 e. The highest BCUT2D eigenvalue weighted by Gasteiger charge is 1.89. The summed E-state index contributed by atoms with van der Waals surface area (Å²) < 4.78 is 2.25. The first-order chi connectivity index (χ1) is 3.80. The minimum atomic E-state index is 1.06. The van der Waals surface area contributed by atoms with Crippen molar-refractivity contribution < 1.29 is 0 Å². The van der Waals surface area contributed by atoms with E-state index in [0.29, 0.717) is 0 Å². The summed E-state index contributed by atoms with van der Waals surface area (Å²) in [5, 5.41) is 0. The molecule has 42 valence electrons. The highest BCUT2D eigenvalue weighted by Crippen LogP contribution is 2.15. The van der Waals surface area contributed by atoms with Crippen LogP contribution in [0.15, 0.2) is 22.9 Å². The second-order valence-corrected chi connectivity index (χ2v) is 3.31. The Bertz CT molecular complexity index is 169. The standard InChI is InChI=1S/C5H3BrIN/c6-4-3-8-2-1-5(4)7/h1-3H. The van der Waals surface area contributed by atoms with E-state index in [1.165, 1.54) is 3.57 Å². The summed E-state index contributed by atoms with van der Waals surface area (Å²) >= 11 is 5.56. The molecule has 0 aliphatic heterocycles. The molecule has 0 saturated heterocycles. The first-order valence-electron chi connectivity index (χ1n) is 2.06. The van der Waals surface area contributed by atoms with Gasteiger partial charge in [-0.05, 0) is 44.6 Å². The number of hydrogen-bond donors (Lipinski definition) is 0. The Morgan fingerprint density at radius 1 is 1.62 bits per heavy atom. The van der Waals surface area contributed by atoms with E-state index < -0.39 is 0 Å². The summed E-state index contributed by atoms with van der Waals surface area (Å²) in [6, 6.07) is 1.95. The first-order valence-corrected chi connectivity index (χ1v) is 3.93.